The Bertz CT molecular complexity index is 1990. The van der Waals surface area contributed by atoms with Crippen LogP contribution in [-0.2, 0) is 23.0 Å². The van der Waals surface area contributed by atoms with Crippen molar-refractivity contribution in [3.8, 4) is 22.0 Å². The molecule has 45 heavy (non-hydrogen) atoms. The second-order valence-corrected chi connectivity index (χ2v) is 20.0. The fraction of sp³-hybridized carbons (Fsp3) is 0.129. The lowest BCUT2D eigenvalue weighted by Crippen LogP contribution is -1.92. The van der Waals surface area contributed by atoms with Crippen LogP contribution in [0.4, 0.5) is 0 Å². The molecule has 0 aliphatic carbocycles. The minimum Gasteiger partial charge on any atom is -0.356 e. The van der Waals surface area contributed by atoms with Crippen molar-refractivity contribution in [2.45, 2.75) is 23.0 Å². The second kappa shape index (κ2) is 15.6. The molecule has 0 unspecified atom stereocenters. The summed E-state index contributed by atoms with van der Waals surface area (Å²) >= 11 is 3.34. The normalized spacial score (nSPS) is 11.6. The average molecular weight is 738 g/mol. The largest absolute Gasteiger partial charge is 0.356 e. The number of aromatic nitrogens is 5. The van der Waals surface area contributed by atoms with Crippen LogP contribution < -0.4 is 0 Å². The van der Waals surface area contributed by atoms with Gasteiger partial charge in [-0.1, -0.05) is 90.8 Å². The third kappa shape index (κ3) is 8.41. The van der Waals surface area contributed by atoms with Crippen molar-refractivity contribution < 1.29 is 4.52 Å². The van der Waals surface area contributed by atoms with Crippen molar-refractivity contribution >= 4 is 106 Å². The highest BCUT2D eigenvalue weighted by Crippen LogP contribution is 2.41. The summed E-state index contributed by atoms with van der Waals surface area (Å²) < 4.78 is 7.90. The highest BCUT2D eigenvalue weighted by Gasteiger charge is 2.11. The smallest absolute Gasteiger partial charge is 0.167 e. The van der Waals surface area contributed by atoms with Gasteiger partial charge in [0.25, 0.3) is 0 Å². The molecule has 3 aromatic carbocycles. The standard InChI is InChI=1S/C31H23N5OS8/c1-2-4-22(5-3-1)28-14-24(36-37-28)18-42-45-40-16-21-7-11-30-27(13-21)33-31(43-30)25-9-8-23(34-35-25)17-41-44-39-15-20-6-10-29-26(12-20)32-19-38-29/h1-14,19H,15-18H2. The van der Waals surface area contributed by atoms with Gasteiger partial charge in [0.2, 0.25) is 0 Å². The lowest BCUT2D eigenvalue weighted by Gasteiger charge is -2.02. The zero-order chi connectivity index (χ0) is 30.3. The van der Waals surface area contributed by atoms with E-state index in [-0.39, 0.29) is 0 Å². The van der Waals surface area contributed by atoms with Gasteiger partial charge in [-0.2, -0.15) is 5.10 Å². The van der Waals surface area contributed by atoms with E-state index in [0.717, 1.165) is 72.2 Å². The number of hydrogen-bond donors (Lipinski definition) is 0. The Morgan fingerprint density at radius 2 is 1.38 bits per heavy atom. The van der Waals surface area contributed by atoms with Crippen LogP contribution >= 0.6 is 85.5 Å². The number of fused-ring (bicyclic) bond motifs is 2. The Balaban J connectivity index is 0.845. The Morgan fingerprint density at radius 3 is 2.16 bits per heavy atom. The maximum absolute atomic E-state index is 5.50. The molecule has 0 radical (unpaired) electrons. The molecule has 7 aromatic rings. The number of nitrogens with zero attached hydrogens (tertiary/aromatic N) is 5. The first-order chi connectivity index (χ1) is 22.3. The van der Waals surface area contributed by atoms with Crippen molar-refractivity contribution in [1.29, 1.82) is 0 Å². The summed E-state index contributed by atoms with van der Waals surface area (Å²) in [6, 6.07) is 29.2. The van der Waals surface area contributed by atoms with Crippen molar-refractivity contribution in [3.63, 3.8) is 0 Å². The maximum atomic E-state index is 5.50. The first kappa shape index (κ1) is 31.4. The minimum atomic E-state index is 0.796. The van der Waals surface area contributed by atoms with Gasteiger partial charge in [0.05, 0.1) is 43.1 Å². The summed E-state index contributed by atoms with van der Waals surface area (Å²) in [5.41, 5.74) is 10.3. The lowest BCUT2D eigenvalue weighted by atomic mass is 10.2. The molecule has 0 amide bonds. The van der Waals surface area contributed by atoms with Gasteiger partial charge < -0.3 is 4.52 Å². The van der Waals surface area contributed by atoms with Crippen LogP contribution in [0.3, 0.4) is 0 Å². The monoisotopic (exact) mass is 737 g/mol. The molecule has 4 aromatic heterocycles. The van der Waals surface area contributed by atoms with Gasteiger partial charge >= 0.3 is 0 Å². The summed E-state index contributed by atoms with van der Waals surface area (Å²) in [4.78, 5) is 9.29. The molecule has 0 fully saturated rings. The molecule has 0 aliphatic rings. The van der Waals surface area contributed by atoms with E-state index in [0.29, 0.717) is 0 Å². The third-order valence-corrected chi connectivity index (χ3v) is 16.5. The van der Waals surface area contributed by atoms with Gasteiger partial charge in [0.1, 0.15) is 10.7 Å². The van der Waals surface area contributed by atoms with E-state index in [1.165, 1.54) is 15.8 Å². The molecule has 0 aliphatic heterocycles. The molecule has 0 bridgehead atoms. The molecule has 0 saturated carbocycles. The predicted molar refractivity (Wildman–Crippen MR) is 203 cm³/mol. The molecular weight excluding hydrogens is 715 g/mol. The van der Waals surface area contributed by atoms with Gasteiger partial charge in [-0.25, -0.2) is 9.97 Å². The average Bonchev–Trinajstić information content (AvgIpc) is 3.85. The summed E-state index contributed by atoms with van der Waals surface area (Å²) in [6.45, 7) is 0. The summed E-state index contributed by atoms with van der Waals surface area (Å²) in [5, 5.41) is 14.1. The van der Waals surface area contributed by atoms with E-state index in [2.05, 4.69) is 62.8 Å². The van der Waals surface area contributed by atoms with Crippen LogP contribution in [-0.4, -0.2) is 25.3 Å². The molecule has 14 heteroatoms. The van der Waals surface area contributed by atoms with E-state index in [1.54, 1.807) is 63.9 Å². The van der Waals surface area contributed by atoms with Crippen LogP contribution in [0, 0.1) is 0 Å². The van der Waals surface area contributed by atoms with E-state index in [1.807, 2.05) is 69.6 Å². The van der Waals surface area contributed by atoms with E-state index in [4.69, 9.17) is 9.51 Å². The maximum Gasteiger partial charge on any atom is 0.167 e. The highest BCUT2D eigenvalue weighted by molar-refractivity contribution is 9.09. The molecule has 226 valence electrons. The molecule has 6 nitrogen and oxygen atoms in total. The quantitative estimate of drug-likeness (QED) is 0.0787. The van der Waals surface area contributed by atoms with Crippen molar-refractivity contribution in [2.75, 3.05) is 0 Å². The Morgan fingerprint density at radius 1 is 0.644 bits per heavy atom. The first-order valence-corrected chi connectivity index (χ1v) is 23.0. The third-order valence-electron chi connectivity index (χ3n) is 6.46. The SMILES string of the molecule is c1ccc(-c2cc(CSSSCc3ccc4sc(-c5ccc(CSSSCc6ccc7scnc7c6)nn5)nc4c3)no2)cc1. The fourth-order valence-corrected chi connectivity index (χ4v) is 12.8. The lowest BCUT2D eigenvalue weighted by molar-refractivity contribution is 0.426. The van der Waals surface area contributed by atoms with E-state index < -0.39 is 0 Å². The summed E-state index contributed by atoms with van der Waals surface area (Å²) in [7, 11) is 10.8. The van der Waals surface area contributed by atoms with Crippen LogP contribution in [0.25, 0.3) is 42.5 Å². The Hall–Kier alpha value is -2.17. The van der Waals surface area contributed by atoms with E-state index >= 15 is 0 Å². The topological polar surface area (TPSA) is 77.6 Å². The van der Waals surface area contributed by atoms with Gasteiger partial charge in [0, 0.05) is 28.9 Å². The number of rotatable bonds is 14. The molecule has 0 N–H and O–H groups in total. The number of benzene rings is 3. The predicted octanol–water partition coefficient (Wildman–Crippen LogP) is 11.5. The van der Waals surface area contributed by atoms with Crippen LogP contribution in [0.2, 0.25) is 0 Å². The Labute approximate surface area is 291 Å². The molecule has 0 atom stereocenters. The van der Waals surface area contributed by atoms with Crippen molar-refractivity contribution in [3.05, 3.63) is 113 Å². The zero-order valence-electron chi connectivity index (χ0n) is 23.4. The van der Waals surface area contributed by atoms with Crippen molar-refractivity contribution in [1.82, 2.24) is 25.3 Å². The zero-order valence-corrected chi connectivity index (χ0v) is 29.9. The molecule has 4 heterocycles. The van der Waals surface area contributed by atoms with Crippen LogP contribution in [0.1, 0.15) is 22.5 Å². The number of hydrogen-bond acceptors (Lipinski definition) is 14. The number of thiazole rings is 2. The van der Waals surface area contributed by atoms with Gasteiger partial charge in [0.15, 0.2) is 5.76 Å². The molecule has 0 spiro atoms. The van der Waals surface area contributed by atoms with E-state index in [9.17, 15) is 0 Å². The second-order valence-electron chi connectivity index (χ2n) is 9.62. The van der Waals surface area contributed by atoms with Crippen molar-refractivity contribution in [2.24, 2.45) is 0 Å². The van der Waals surface area contributed by atoms with Gasteiger partial charge in [-0.15, -0.1) is 27.8 Å². The molecular formula is C31H23N5OS8. The first-order valence-electron chi connectivity index (χ1n) is 13.6. The van der Waals surface area contributed by atoms with Gasteiger partial charge in [-0.05, 0) is 67.2 Å². The highest BCUT2D eigenvalue weighted by atomic mass is 33.5. The Kier molecular flexibility index (Phi) is 10.9. The summed E-state index contributed by atoms with van der Waals surface area (Å²) in [6.07, 6.45) is 0. The molecule has 0 saturated heterocycles. The molecule has 7 rings (SSSR count). The van der Waals surface area contributed by atoms with Gasteiger partial charge in [-0.3, -0.25) is 0 Å². The summed E-state index contributed by atoms with van der Waals surface area (Å²) in [5.74, 6) is 4.26. The van der Waals surface area contributed by atoms with Crippen LogP contribution in [0.15, 0.2) is 95.0 Å². The fourth-order valence-electron chi connectivity index (χ4n) is 4.26. The van der Waals surface area contributed by atoms with Crippen LogP contribution in [0.5, 0.6) is 0 Å². The minimum absolute atomic E-state index is 0.796.